The number of aromatic nitrogens is 2. The number of aryl methyl sites for hydroxylation is 2. The van der Waals surface area contributed by atoms with Gasteiger partial charge in [-0.3, -0.25) is 15.2 Å². The molecule has 8 heteroatoms. The van der Waals surface area contributed by atoms with Gasteiger partial charge in [0.1, 0.15) is 9.71 Å². The zero-order chi connectivity index (χ0) is 18.1. The fraction of sp³-hybridized carbons (Fsp3) is 0.176. The Kier molecular flexibility index (Phi) is 4.73. The summed E-state index contributed by atoms with van der Waals surface area (Å²) in [6, 6.07) is 7.10. The number of nitrogens with one attached hydrogen (secondary N) is 1. The predicted molar refractivity (Wildman–Crippen MR) is 102 cm³/mol. The lowest BCUT2D eigenvalue weighted by atomic mass is 10.1. The van der Waals surface area contributed by atoms with Gasteiger partial charge in [-0.15, -0.1) is 21.3 Å². The number of rotatable bonds is 4. The smallest absolute Gasteiger partial charge is 0.263 e. The van der Waals surface area contributed by atoms with E-state index in [9.17, 15) is 9.00 Å². The van der Waals surface area contributed by atoms with Crippen LogP contribution in [0.15, 0.2) is 29.2 Å². The lowest BCUT2D eigenvalue weighted by Gasteiger charge is -2.07. The zero-order valence-electron chi connectivity index (χ0n) is 13.8. The first-order chi connectivity index (χ1) is 11.9. The number of thiophene rings is 1. The van der Waals surface area contributed by atoms with Crippen LogP contribution in [-0.4, -0.2) is 22.0 Å². The van der Waals surface area contributed by atoms with E-state index in [-0.39, 0.29) is 5.91 Å². The Labute approximate surface area is 151 Å². The minimum Gasteiger partial charge on any atom is -0.457 e. The Balaban J connectivity index is 1.81. The fourth-order valence-electron chi connectivity index (χ4n) is 2.43. The first-order valence-corrected chi connectivity index (χ1v) is 9.62. The molecule has 0 fully saturated rings. The molecule has 3 N–H and O–H groups in total. The maximum absolute atomic E-state index is 12.5. The van der Waals surface area contributed by atoms with Crippen LogP contribution in [0.5, 0.6) is 0 Å². The van der Waals surface area contributed by atoms with Crippen LogP contribution in [0.3, 0.4) is 0 Å². The van der Waals surface area contributed by atoms with Crippen LogP contribution in [0.4, 0.5) is 5.69 Å². The number of benzene rings is 1. The number of carbonyl (C=O) groups is 1. The average Bonchev–Trinajstić information content (AvgIpc) is 2.94. The molecule has 3 aromatic rings. The summed E-state index contributed by atoms with van der Waals surface area (Å²) in [6.45, 7) is 4.13. The number of amides is 1. The van der Waals surface area contributed by atoms with E-state index in [1.54, 1.807) is 12.1 Å². The number of hydrogen-bond acceptors (Lipinski definition) is 7. The molecule has 0 saturated heterocycles. The van der Waals surface area contributed by atoms with Gasteiger partial charge in [0, 0.05) is 11.9 Å². The van der Waals surface area contributed by atoms with Crippen molar-refractivity contribution >= 4 is 49.4 Å². The molecule has 6 nitrogen and oxygen atoms in total. The highest BCUT2D eigenvalue weighted by molar-refractivity contribution is 7.82. The van der Waals surface area contributed by atoms with Gasteiger partial charge in [-0.2, -0.15) is 11.0 Å². The summed E-state index contributed by atoms with van der Waals surface area (Å²) >= 11 is 1.24. The number of anilines is 1. The second-order valence-corrected chi connectivity index (χ2v) is 7.77. The molecule has 0 atom stereocenters. The minimum atomic E-state index is -1.26. The summed E-state index contributed by atoms with van der Waals surface area (Å²) in [5, 5.41) is 11.9. The summed E-state index contributed by atoms with van der Waals surface area (Å²) in [5.41, 5.74) is 9.25. The Morgan fingerprint density at radius 3 is 2.60 bits per heavy atom. The maximum atomic E-state index is 12.5. The summed E-state index contributed by atoms with van der Waals surface area (Å²) in [4.78, 5) is 14.2. The summed E-state index contributed by atoms with van der Waals surface area (Å²) in [7, 11) is -1.26. The van der Waals surface area contributed by atoms with Crippen LogP contribution in [0.25, 0.3) is 10.2 Å². The lowest BCUT2D eigenvalue weighted by Crippen LogP contribution is -2.22. The van der Waals surface area contributed by atoms with Gasteiger partial charge >= 0.3 is 0 Å². The predicted octanol–water partition coefficient (Wildman–Crippen LogP) is 2.58. The van der Waals surface area contributed by atoms with Gasteiger partial charge in [0.15, 0.2) is 0 Å². The second-order valence-electron chi connectivity index (χ2n) is 5.61. The Bertz CT molecular complexity index is 1030. The van der Waals surface area contributed by atoms with Gasteiger partial charge in [-0.05, 0) is 25.0 Å². The molecular formula is C17H17N4O2S2-. The largest absolute Gasteiger partial charge is 0.457 e. The minimum absolute atomic E-state index is 0.248. The van der Waals surface area contributed by atoms with E-state index < -0.39 is 10.4 Å². The number of nitrogens with two attached hydrogens (primary N) is 1. The second kappa shape index (κ2) is 6.81. The molecule has 0 aliphatic rings. The molecule has 0 unspecified atom stereocenters. The van der Waals surface area contributed by atoms with Crippen molar-refractivity contribution < 1.29 is 9.00 Å². The molecule has 130 valence electrons. The number of carbonyl (C=O) groups excluding carboxylic acids is 1. The van der Waals surface area contributed by atoms with Crippen LogP contribution >= 0.6 is 11.3 Å². The van der Waals surface area contributed by atoms with Crippen molar-refractivity contribution in [2.45, 2.75) is 25.3 Å². The highest BCUT2D eigenvalue weighted by atomic mass is 32.2. The van der Waals surface area contributed by atoms with Gasteiger partial charge < -0.3 is 15.3 Å². The molecule has 0 aliphatic heterocycles. The van der Waals surface area contributed by atoms with E-state index in [4.69, 9.17) is 5.73 Å². The normalized spacial score (nSPS) is 11.2. The molecule has 0 aliphatic carbocycles. The van der Waals surface area contributed by atoms with E-state index in [2.05, 4.69) is 21.4 Å². The zero-order valence-corrected chi connectivity index (χ0v) is 15.5. The Morgan fingerprint density at radius 2 is 1.96 bits per heavy atom. The Morgan fingerprint density at radius 1 is 1.28 bits per heavy atom. The third kappa shape index (κ3) is 3.35. The maximum Gasteiger partial charge on any atom is 0.263 e. The quantitative estimate of drug-likeness (QED) is 0.541. The number of fused-ring (bicyclic) bond motifs is 1. The van der Waals surface area contributed by atoms with Crippen LogP contribution in [0.1, 0.15) is 26.5 Å². The van der Waals surface area contributed by atoms with Crippen molar-refractivity contribution in [3.05, 3.63) is 46.0 Å². The molecule has 3 rings (SSSR count). The van der Waals surface area contributed by atoms with Gasteiger partial charge in [-0.25, -0.2) is 0 Å². The highest BCUT2D eigenvalue weighted by Gasteiger charge is 2.19. The number of nitrogen functional groups attached to an aromatic ring is 1. The van der Waals surface area contributed by atoms with Gasteiger partial charge in [0.25, 0.3) is 5.91 Å². The van der Waals surface area contributed by atoms with E-state index in [1.165, 1.54) is 11.3 Å². The highest BCUT2D eigenvalue weighted by Crippen LogP contribution is 2.34. The van der Waals surface area contributed by atoms with E-state index in [0.717, 1.165) is 22.2 Å². The van der Waals surface area contributed by atoms with Crippen LogP contribution in [-0.2, 0) is 21.1 Å². The van der Waals surface area contributed by atoms with Crippen molar-refractivity contribution in [1.29, 1.82) is 0 Å². The van der Waals surface area contributed by atoms with Crippen LogP contribution < -0.4 is 11.1 Å². The van der Waals surface area contributed by atoms with Crippen molar-refractivity contribution in [3.63, 3.8) is 0 Å². The van der Waals surface area contributed by atoms with E-state index in [0.29, 0.717) is 26.8 Å². The summed E-state index contributed by atoms with van der Waals surface area (Å²) < 4.78 is 11.3. The molecular weight excluding hydrogens is 356 g/mol. The molecule has 2 heterocycles. The van der Waals surface area contributed by atoms with E-state index >= 15 is 0 Å². The molecule has 0 spiro atoms. The molecule has 0 saturated carbocycles. The van der Waals surface area contributed by atoms with E-state index in [1.807, 2.05) is 26.0 Å². The number of hydrogen-bond donors (Lipinski definition) is 2. The molecule has 0 radical (unpaired) electrons. The molecule has 2 aromatic heterocycles. The first-order valence-electron chi connectivity index (χ1n) is 7.49. The van der Waals surface area contributed by atoms with Gasteiger partial charge in [0.05, 0.1) is 11.4 Å². The van der Waals surface area contributed by atoms with Crippen molar-refractivity contribution in [2.24, 2.45) is 0 Å². The third-order valence-electron chi connectivity index (χ3n) is 3.98. The average molecular weight is 373 g/mol. The summed E-state index contributed by atoms with van der Waals surface area (Å²) in [6.07, 6.45) is 0. The molecule has 1 amide bonds. The van der Waals surface area contributed by atoms with Crippen LogP contribution in [0, 0.1) is 13.8 Å². The van der Waals surface area contributed by atoms with Crippen molar-refractivity contribution in [1.82, 2.24) is 15.5 Å². The standard InChI is InChI=1S/C17H17N4O2S2/c1-9-10(2)20-21-17-13(9)14(18)15(24-17)16(22)19-8-11-4-6-12(7-5-11)25(3)23/h4-7H,3,8,18H2,1-2H3,(H,19,22)/q-1. The molecule has 0 bridgehead atoms. The van der Waals surface area contributed by atoms with Gasteiger partial charge in [0.2, 0.25) is 0 Å². The Hall–Kier alpha value is -2.45. The van der Waals surface area contributed by atoms with Crippen molar-refractivity contribution in [3.8, 4) is 0 Å². The fourth-order valence-corrected chi connectivity index (χ4v) is 3.89. The van der Waals surface area contributed by atoms with Crippen LogP contribution in [0.2, 0.25) is 0 Å². The lowest BCUT2D eigenvalue weighted by molar-refractivity contribution is 0.0956. The first kappa shape index (κ1) is 17.4. The number of nitrogens with zero attached hydrogens (tertiary/aromatic N) is 2. The molecule has 1 aromatic carbocycles. The SMILES string of the molecule is C=[S-](=O)c1ccc(CNC(=O)c2sc3nnc(C)c(C)c3c2N)cc1. The van der Waals surface area contributed by atoms with Gasteiger partial charge in [-0.1, -0.05) is 24.3 Å². The monoisotopic (exact) mass is 373 g/mol. The topological polar surface area (TPSA) is 98.0 Å². The summed E-state index contributed by atoms with van der Waals surface area (Å²) in [5.74, 6) is 3.23. The third-order valence-corrected chi connectivity index (χ3v) is 5.87. The molecule has 25 heavy (non-hydrogen) atoms. The van der Waals surface area contributed by atoms with Crippen molar-refractivity contribution in [2.75, 3.05) is 5.73 Å².